The van der Waals surface area contributed by atoms with E-state index in [0.29, 0.717) is 30.9 Å². The number of carboxylic acid groups (broad SMARTS) is 1. The lowest BCUT2D eigenvalue weighted by molar-refractivity contribution is -0.130. The van der Waals surface area contributed by atoms with Crippen LogP contribution in [0.5, 0.6) is 0 Å². The highest BCUT2D eigenvalue weighted by Gasteiger charge is 2.44. The second-order valence-corrected chi connectivity index (χ2v) is 18.9. The van der Waals surface area contributed by atoms with E-state index in [2.05, 4.69) is 25.9 Å². The average molecular weight is 850 g/mol. The minimum atomic E-state index is -1.35. The number of aliphatic hydroxyl groups excluding tert-OH is 1. The van der Waals surface area contributed by atoms with Crippen LogP contribution in [0.15, 0.2) is 97.2 Å². The lowest BCUT2D eigenvalue weighted by Gasteiger charge is -2.38. The molecule has 5 atom stereocenters. The van der Waals surface area contributed by atoms with Crippen LogP contribution in [0.1, 0.15) is 84.3 Å². The summed E-state index contributed by atoms with van der Waals surface area (Å²) in [4.78, 5) is 66.7. The number of aliphatic hydroxyl groups is 2. The number of aromatic nitrogens is 2. The smallest absolute Gasteiger partial charge is 0.405 e. The molecule has 14 nitrogen and oxygen atoms in total. The van der Waals surface area contributed by atoms with Gasteiger partial charge in [0.2, 0.25) is 11.8 Å². The molecule has 1 aliphatic heterocycles. The van der Waals surface area contributed by atoms with E-state index >= 15 is 0 Å². The molecule has 2 aromatic carbocycles. The minimum Gasteiger partial charge on any atom is -0.465 e. The molecule has 0 bridgehead atoms. The monoisotopic (exact) mass is 849 g/mol. The summed E-state index contributed by atoms with van der Waals surface area (Å²) in [7, 11) is 0. The second-order valence-electron chi connectivity index (χ2n) is 18.9. The summed E-state index contributed by atoms with van der Waals surface area (Å²) in [5.74, 6) is -0.975. The molecule has 5 amide bonds. The number of amides is 5. The zero-order valence-corrected chi connectivity index (χ0v) is 37.1. The SMILES string of the molecule is CC(C)(O)c1cccc(CN2CCN([C@H](C(=O)N[C@@H](Cc3ccccc3)C[C@H](O)[C@H](Cc3ccc(-c4ccccn4)cc3)NC(=O)[C@@H](NC(=O)O)C(C)(C)C)C(C)(C)C)C2=O)n1. The Morgan fingerprint density at radius 3 is 2.00 bits per heavy atom. The third-order valence-corrected chi connectivity index (χ3v) is 11.0. The molecule has 6 N–H and O–H groups in total. The molecular weight excluding hydrogens is 787 g/mol. The third kappa shape index (κ3) is 12.8. The molecule has 0 saturated carbocycles. The number of nitrogens with one attached hydrogen (secondary N) is 3. The number of urea groups is 1. The Labute approximate surface area is 365 Å². The summed E-state index contributed by atoms with van der Waals surface area (Å²) in [6.07, 6.45) is -0.289. The molecule has 3 heterocycles. The van der Waals surface area contributed by atoms with Crippen molar-refractivity contribution in [2.45, 2.75) is 117 Å². The molecule has 0 aliphatic carbocycles. The van der Waals surface area contributed by atoms with Crippen LogP contribution in [0.2, 0.25) is 0 Å². The molecule has 1 fully saturated rings. The Morgan fingerprint density at radius 2 is 1.40 bits per heavy atom. The Hall–Kier alpha value is -5.86. The van der Waals surface area contributed by atoms with Crippen molar-refractivity contribution in [3.63, 3.8) is 0 Å². The van der Waals surface area contributed by atoms with E-state index in [0.717, 1.165) is 22.4 Å². The highest BCUT2D eigenvalue weighted by Crippen LogP contribution is 2.30. The zero-order valence-electron chi connectivity index (χ0n) is 37.1. The van der Waals surface area contributed by atoms with Crippen molar-refractivity contribution in [2.24, 2.45) is 10.8 Å². The van der Waals surface area contributed by atoms with Crippen LogP contribution in [-0.2, 0) is 34.6 Å². The Bertz CT molecular complexity index is 2130. The van der Waals surface area contributed by atoms with Crippen LogP contribution >= 0.6 is 0 Å². The van der Waals surface area contributed by atoms with E-state index in [9.17, 15) is 34.5 Å². The van der Waals surface area contributed by atoms with Gasteiger partial charge in [-0.2, -0.15) is 0 Å². The summed E-state index contributed by atoms with van der Waals surface area (Å²) in [5, 5.41) is 40.8. The molecule has 62 heavy (non-hydrogen) atoms. The second kappa shape index (κ2) is 19.9. The lowest BCUT2D eigenvalue weighted by atomic mass is 9.84. The number of carbonyl (C=O) groups is 4. The Morgan fingerprint density at radius 1 is 0.742 bits per heavy atom. The molecule has 0 radical (unpaired) electrons. The quantitative estimate of drug-likeness (QED) is 0.0748. The van der Waals surface area contributed by atoms with Crippen molar-refractivity contribution < 1.29 is 34.5 Å². The molecule has 1 aliphatic rings. The first-order valence-electron chi connectivity index (χ1n) is 21.2. The summed E-state index contributed by atoms with van der Waals surface area (Å²) in [5.41, 5.74) is 1.87. The van der Waals surface area contributed by atoms with Gasteiger partial charge in [-0.25, -0.2) is 9.59 Å². The van der Waals surface area contributed by atoms with Gasteiger partial charge in [0.1, 0.15) is 17.7 Å². The van der Waals surface area contributed by atoms with Gasteiger partial charge in [0.25, 0.3) is 0 Å². The predicted octanol–water partition coefficient (Wildman–Crippen LogP) is 5.91. The maximum Gasteiger partial charge on any atom is 0.405 e. The molecule has 332 valence electrons. The van der Waals surface area contributed by atoms with Crippen molar-refractivity contribution in [1.82, 2.24) is 35.7 Å². The van der Waals surface area contributed by atoms with Crippen molar-refractivity contribution in [3.05, 3.63) is 120 Å². The summed E-state index contributed by atoms with van der Waals surface area (Å²) >= 11 is 0. The number of benzene rings is 2. The molecule has 14 heteroatoms. The lowest BCUT2D eigenvalue weighted by Crippen LogP contribution is -2.59. The van der Waals surface area contributed by atoms with Gasteiger partial charge < -0.3 is 41.1 Å². The maximum atomic E-state index is 14.6. The average Bonchev–Trinajstić information content (AvgIpc) is 3.54. The largest absolute Gasteiger partial charge is 0.465 e. The van der Waals surface area contributed by atoms with Gasteiger partial charge in [0.15, 0.2) is 0 Å². The topological polar surface area (TPSA) is 197 Å². The number of nitrogens with zero attached hydrogens (tertiary/aromatic N) is 4. The van der Waals surface area contributed by atoms with E-state index in [1.807, 2.05) is 93.6 Å². The van der Waals surface area contributed by atoms with E-state index < -0.39 is 58.7 Å². The Balaban J connectivity index is 1.41. The minimum absolute atomic E-state index is 0.0181. The number of hydrogen-bond acceptors (Lipinski definition) is 8. The van der Waals surface area contributed by atoms with E-state index in [-0.39, 0.29) is 31.3 Å². The van der Waals surface area contributed by atoms with Crippen LogP contribution in [0.25, 0.3) is 11.3 Å². The summed E-state index contributed by atoms with van der Waals surface area (Å²) in [6.45, 7) is 15.2. The third-order valence-electron chi connectivity index (χ3n) is 11.0. The van der Waals surface area contributed by atoms with Crippen LogP contribution in [-0.4, -0.2) is 102 Å². The first kappa shape index (κ1) is 47.2. The number of rotatable bonds is 17. The highest BCUT2D eigenvalue weighted by atomic mass is 16.4. The van der Waals surface area contributed by atoms with E-state index in [1.54, 1.807) is 68.8 Å². The Kier molecular flexibility index (Phi) is 15.1. The van der Waals surface area contributed by atoms with Crippen molar-refractivity contribution in [3.8, 4) is 11.3 Å². The van der Waals surface area contributed by atoms with Gasteiger partial charge >= 0.3 is 12.1 Å². The van der Waals surface area contributed by atoms with Gasteiger partial charge in [-0.1, -0.05) is 108 Å². The van der Waals surface area contributed by atoms with Crippen LogP contribution < -0.4 is 16.0 Å². The predicted molar refractivity (Wildman–Crippen MR) is 238 cm³/mol. The van der Waals surface area contributed by atoms with Crippen LogP contribution in [0.4, 0.5) is 9.59 Å². The normalized spacial score (nSPS) is 15.9. The first-order valence-corrected chi connectivity index (χ1v) is 21.2. The van der Waals surface area contributed by atoms with E-state index in [1.165, 1.54) is 0 Å². The highest BCUT2D eigenvalue weighted by molar-refractivity contribution is 5.89. The van der Waals surface area contributed by atoms with Crippen molar-refractivity contribution in [1.29, 1.82) is 0 Å². The fraction of sp³-hybridized carbons (Fsp3) is 0.458. The fourth-order valence-corrected chi connectivity index (χ4v) is 7.87. The van der Waals surface area contributed by atoms with Gasteiger partial charge in [0.05, 0.1) is 35.8 Å². The molecule has 0 spiro atoms. The van der Waals surface area contributed by atoms with Gasteiger partial charge in [0, 0.05) is 30.9 Å². The van der Waals surface area contributed by atoms with Crippen molar-refractivity contribution >= 4 is 23.9 Å². The molecule has 1 saturated heterocycles. The van der Waals surface area contributed by atoms with Crippen molar-refractivity contribution in [2.75, 3.05) is 13.1 Å². The first-order chi connectivity index (χ1) is 29.1. The van der Waals surface area contributed by atoms with Gasteiger partial charge in [-0.15, -0.1) is 0 Å². The fourth-order valence-electron chi connectivity index (χ4n) is 7.87. The summed E-state index contributed by atoms with van der Waals surface area (Å²) in [6, 6.07) is 24.3. The molecule has 4 aromatic rings. The van der Waals surface area contributed by atoms with E-state index in [4.69, 9.17) is 0 Å². The maximum absolute atomic E-state index is 14.6. The van der Waals surface area contributed by atoms with Crippen LogP contribution in [0.3, 0.4) is 0 Å². The summed E-state index contributed by atoms with van der Waals surface area (Å²) < 4.78 is 0. The van der Waals surface area contributed by atoms with Crippen LogP contribution in [0, 0.1) is 10.8 Å². The van der Waals surface area contributed by atoms with Gasteiger partial charge in [-0.05, 0) is 79.3 Å². The molecule has 5 rings (SSSR count). The van der Waals surface area contributed by atoms with Gasteiger partial charge in [-0.3, -0.25) is 19.6 Å². The zero-order chi connectivity index (χ0) is 45.4. The number of pyridine rings is 2. The molecular formula is C48H63N7O7. The standard InChI is InChI=1S/C48H63N7O7/c1-46(2,3)40(53-44(59)60)42(57)52-37(28-32-20-22-33(23-21-32)36-18-12-13-24-49-36)38(56)29-35(27-31-15-10-9-11-16-31)51-43(58)41(47(4,5)6)55-26-25-54(45(55)61)30-34-17-14-19-39(50-34)48(7,8)62/h9-24,35,37-38,40-41,53,56,62H,25-30H2,1-8H3,(H,51,58)(H,52,57)(H,59,60)/t35-,37-,38-,40+,41+/m0/s1. The molecule has 2 aromatic heterocycles. The number of carbonyl (C=O) groups excluding carboxylic acids is 3. The molecule has 0 unspecified atom stereocenters. The number of hydrogen-bond donors (Lipinski definition) is 6.